The molecule has 5 heteroatoms. The number of hydrogen-bond acceptors (Lipinski definition) is 4. The lowest BCUT2D eigenvalue weighted by molar-refractivity contribution is 0.101. The van der Waals surface area contributed by atoms with Crippen LogP contribution in [0.25, 0.3) is 0 Å². The Labute approximate surface area is 91.9 Å². The van der Waals surface area contributed by atoms with Gasteiger partial charge in [-0.2, -0.15) is 0 Å². The molecule has 0 unspecified atom stereocenters. The minimum absolute atomic E-state index is 0.0222. The van der Waals surface area contributed by atoms with Gasteiger partial charge in [0.25, 0.3) is 0 Å². The lowest BCUT2D eigenvalue weighted by Crippen LogP contribution is -2.19. The molecule has 0 aliphatic carbocycles. The van der Waals surface area contributed by atoms with Crippen LogP contribution in [0.1, 0.15) is 28.7 Å². The number of anilines is 1. The molecule has 1 aromatic heterocycles. The van der Waals surface area contributed by atoms with Gasteiger partial charge in [0.15, 0.2) is 10.9 Å². The average Bonchev–Trinajstić information content (AvgIpc) is 2.71. The molecule has 0 bridgehead atoms. The van der Waals surface area contributed by atoms with E-state index in [9.17, 15) is 9.18 Å². The van der Waals surface area contributed by atoms with Gasteiger partial charge in [0.2, 0.25) is 0 Å². The molecule has 0 radical (unpaired) electrons. The third-order valence-electron chi connectivity index (χ3n) is 2.52. The van der Waals surface area contributed by atoms with Gasteiger partial charge < -0.3 is 4.90 Å². The van der Waals surface area contributed by atoms with Gasteiger partial charge in [0.05, 0.1) is 6.54 Å². The summed E-state index contributed by atoms with van der Waals surface area (Å²) in [6, 6.07) is 0. The van der Waals surface area contributed by atoms with E-state index in [0.29, 0.717) is 25.2 Å². The largest absolute Gasteiger partial charge is 0.345 e. The summed E-state index contributed by atoms with van der Waals surface area (Å²) in [4.78, 5) is 18.3. The first-order valence-electron chi connectivity index (χ1n) is 4.95. The van der Waals surface area contributed by atoms with E-state index in [0.717, 1.165) is 10.0 Å². The zero-order valence-corrected chi connectivity index (χ0v) is 9.60. The molecule has 0 amide bonds. The molecule has 2 heterocycles. The van der Waals surface area contributed by atoms with Crippen LogP contribution < -0.4 is 4.90 Å². The van der Waals surface area contributed by atoms with Gasteiger partial charge in [-0.3, -0.25) is 4.79 Å². The second-order valence-corrected chi connectivity index (χ2v) is 4.97. The van der Waals surface area contributed by atoms with Gasteiger partial charge >= 0.3 is 0 Å². The summed E-state index contributed by atoms with van der Waals surface area (Å²) in [5, 5.41) is 0.776. The molecule has 0 aromatic carbocycles. The van der Waals surface area contributed by atoms with E-state index in [1.54, 1.807) is 0 Å². The van der Waals surface area contributed by atoms with Gasteiger partial charge in [0, 0.05) is 18.3 Å². The topological polar surface area (TPSA) is 33.2 Å². The van der Waals surface area contributed by atoms with Crippen molar-refractivity contribution in [1.82, 2.24) is 4.98 Å². The molecule has 1 fully saturated rings. The molecule has 82 valence electrons. The first-order valence-corrected chi connectivity index (χ1v) is 5.77. The fourth-order valence-electron chi connectivity index (χ4n) is 1.74. The maximum Gasteiger partial charge on any atom is 0.186 e. The van der Waals surface area contributed by atoms with E-state index in [1.165, 1.54) is 18.3 Å². The molecular weight excluding hydrogens is 215 g/mol. The van der Waals surface area contributed by atoms with Crippen molar-refractivity contribution in [2.45, 2.75) is 26.4 Å². The minimum Gasteiger partial charge on any atom is -0.345 e. The van der Waals surface area contributed by atoms with Crippen LogP contribution in [0.5, 0.6) is 0 Å². The molecule has 1 aliphatic heterocycles. The quantitative estimate of drug-likeness (QED) is 0.728. The van der Waals surface area contributed by atoms with E-state index in [4.69, 9.17) is 0 Å². The smallest absolute Gasteiger partial charge is 0.186 e. The molecule has 1 atom stereocenters. The molecule has 1 aliphatic rings. The van der Waals surface area contributed by atoms with Crippen molar-refractivity contribution >= 4 is 22.3 Å². The number of thiazole rings is 1. The second-order valence-electron chi connectivity index (χ2n) is 3.79. The standard InChI is InChI=1S/C10H13FN2OS/c1-6(14)9-7(2)15-10(12-9)13-4-3-8(11)5-13/h8H,3-5H2,1-2H3/t8-/m0/s1. The SMILES string of the molecule is CC(=O)c1nc(N2CC[C@H](F)C2)sc1C. The summed E-state index contributed by atoms with van der Waals surface area (Å²) in [5.74, 6) is -0.0222. The van der Waals surface area contributed by atoms with Crippen LogP contribution in [0.3, 0.4) is 0 Å². The summed E-state index contributed by atoms with van der Waals surface area (Å²) in [6.45, 7) is 4.49. The van der Waals surface area contributed by atoms with E-state index in [-0.39, 0.29) is 5.78 Å². The van der Waals surface area contributed by atoms with Gasteiger partial charge in [-0.15, -0.1) is 11.3 Å². The normalized spacial score (nSPS) is 21.0. The summed E-state index contributed by atoms with van der Waals surface area (Å²) in [7, 11) is 0. The second kappa shape index (κ2) is 3.89. The lowest BCUT2D eigenvalue weighted by atomic mass is 10.3. The Balaban J connectivity index is 2.23. The monoisotopic (exact) mass is 228 g/mol. The summed E-state index contributed by atoms with van der Waals surface area (Å²) < 4.78 is 13.0. The van der Waals surface area contributed by atoms with Crippen molar-refractivity contribution in [2.75, 3.05) is 18.0 Å². The molecule has 15 heavy (non-hydrogen) atoms. The Kier molecular flexibility index (Phi) is 2.73. The van der Waals surface area contributed by atoms with Crippen molar-refractivity contribution in [3.05, 3.63) is 10.6 Å². The molecule has 0 N–H and O–H groups in total. The third-order valence-corrected chi connectivity index (χ3v) is 3.55. The van der Waals surface area contributed by atoms with Crippen LogP contribution in [-0.4, -0.2) is 30.0 Å². The Hall–Kier alpha value is -0.970. The Bertz CT molecular complexity index is 391. The molecule has 1 aromatic rings. The van der Waals surface area contributed by atoms with E-state index in [2.05, 4.69) is 4.98 Å². The van der Waals surface area contributed by atoms with Gasteiger partial charge in [-0.1, -0.05) is 0 Å². The summed E-state index contributed by atoms with van der Waals surface area (Å²) >= 11 is 1.47. The number of aryl methyl sites for hydroxylation is 1. The number of carbonyl (C=O) groups is 1. The highest BCUT2D eigenvalue weighted by Gasteiger charge is 2.25. The maximum atomic E-state index is 13.0. The van der Waals surface area contributed by atoms with E-state index in [1.807, 2.05) is 11.8 Å². The number of ketones is 1. The summed E-state index contributed by atoms with van der Waals surface area (Å²) in [6.07, 6.45) is -0.191. The fraction of sp³-hybridized carbons (Fsp3) is 0.600. The highest BCUT2D eigenvalue weighted by molar-refractivity contribution is 7.15. The summed E-state index contributed by atoms with van der Waals surface area (Å²) in [5.41, 5.74) is 0.525. The van der Waals surface area contributed by atoms with Crippen molar-refractivity contribution in [3.8, 4) is 0 Å². The van der Waals surface area contributed by atoms with Gasteiger partial charge in [-0.25, -0.2) is 9.37 Å². The number of carbonyl (C=O) groups excluding carboxylic acids is 1. The van der Waals surface area contributed by atoms with Crippen molar-refractivity contribution in [1.29, 1.82) is 0 Å². The van der Waals surface area contributed by atoms with Crippen LogP contribution in [-0.2, 0) is 0 Å². The van der Waals surface area contributed by atoms with Crippen molar-refractivity contribution < 1.29 is 9.18 Å². The van der Waals surface area contributed by atoms with Crippen molar-refractivity contribution in [3.63, 3.8) is 0 Å². The van der Waals surface area contributed by atoms with Crippen molar-refractivity contribution in [2.24, 2.45) is 0 Å². The van der Waals surface area contributed by atoms with Crippen LogP contribution in [0.15, 0.2) is 0 Å². The van der Waals surface area contributed by atoms with E-state index >= 15 is 0 Å². The number of halogens is 1. The Morgan fingerprint density at radius 3 is 2.87 bits per heavy atom. The lowest BCUT2D eigenvalue weighted by Gasteiger charge is -2.12. The molecule has 0 saturated carbocycles. The van der Waals surface area contributed by atoms with Gasteiger partial charge in [0.1, 0.15) is 11.9 Å². The molecule has 2 rings (SSSR count). The highest BCUT2D eigenvalue weighted by atomic mass is 32.1. The number of Topliss-reactive ketones (excluding diaryl/α,β-unsaturated/α-hetero) is 1. The zero-order valence-electron chi connectivity index (χ0n) is 8.79. The number of rotatable bonds is 2. The molecule has 1 saturated heterocycles. The fourth-order valence-corrected chi connectivity index (χ4v) is 2.73. The van der Waals surface area contributed by atoms with Gasteiger partial charge in [-0.05, 0) is 13.3 Å². The number of hydrogen-bond donors (Lipinski definition) is 0. The molecule has 0 spiro atoms. The average molecular weight is 228 g/mol. The Morgan fingerprint density at radius 2 is 2.40 bits per heavy atom. The first-order chi connectivity index (χ1) is 7.08. The zero-order chi connectivity index (χ0) is 11.0. The number of aromatic nitrogens is 1. The number of alkyl halides is 1. The highest BCUT2D eigenvalue weighted by Crippen LogP contribution is 2.29. The molecular formula is C10H13FN2OS. The third kappa shape index (κ3) is 2.02. The predicted molar refractivity (Wildman–Crippen MR) is 58.6 cm³/mol. The minimum atomic E-state index is -0.755. The van der Waals surface area contributed by atoms with Crippen LogP contribution in [0, 0.1) is 6.92 Å². The first kappa shape index (κ1) is 10.5. The predicted octanol–water partition coefficient (Wildman–Crippen LogP) is 2.20. The maximum absolute atomic E-state index is 13.0. The Morgan fingerprint density at radius 1 is 1.67 bits per heavy atom. The van der Waals surface area contributed by atoms with E-state index < -0.39 is 6.17 Å². The number of nitrogens with zero attached hydrogens (tertiary/aromatic N) is 2. The van der Waals surface area contributed by atoms with Crippen LogP contribution in [0.2, 0.25) is 0 Å². The van der Waals surface area contributed by atoms with Crippen LogP contribution in [0.4, 0.5) is 9.52 Å². The molecule has 3 nitrogen and oxygen atoms in total. The van der Waals surface area contributed by atoms with Crippen LogP contribution >= 0.6 is 11.3 Å².